The number of amides is 1. The number of benzene rings is 1. The van der Waals surface area contributed by atoms with Gasteiger partial charge >= 0.3 is 0 Å². The van der Waals surface area contributed by atoms with Crippen LogP contribution in [-0.2, 0) is 4.79 Å². The molecule has 0 unspecified atom stereocenters. The number of aromatic nitrogens is 1. The molecule has 1 aromatic carbocycles. The minimum atomic E-state index is -0.417. The standard InChI is InChI=1S/C21H20ClN5OS2/c1-5-29-21-25-27-18(23)16(19(28)24-20(27)30-21)9-14-8-12(3)26(13(14)4)15-7-6-11(2)17(22)10-15/h6-10,23H,5H2,1-4H3. The summed E-state index contributed by atoms with van der Waals surface area (Å²) in [4.78, 5) is 16.8. The predicted molar refractivity (Wildman–Crippen MR) is 128 cm³/mol. The van der Waals surface area contributed by atoms with E-state index in [0.717, 1.165) is 38.3 Å². The average molecular weight is 458 g/mol. The highest BCUT2D eigenvalue weighted by Gasteiger charge is 2.35. The Balaban J connectivity index is 1.73. The Hall–Kier alpha value is -2.29. The number of nitrogens with zero attached hydrogens (tertiary/aromatic N) is 4. The lowest BCUT2D eigenvalue weighted by atomic mass is 10.1. The van der Waals surface area contributed by atoms with E-state index in [2.05, 4.69) is 14.7 Å². The lowest BCUT2D eigenvalue weighted by molar-refractivity contribution is -0.114. The van der Waals surface area contributed by atoms with E-state index >= 15 is 0 Å². The fourth-order valence-corrected chi connectivity index (χ4v) is 5.36. The van der Waals surface area contributed by atoms with Crippen LogP contribution >= 0.6 is 35.1 Å². The molecule has 3 heterocycles. The number of hydrazone groups is 1. The van der Waals surface area contributed by atoms with Gasteiger partial charge in [0.25, 0.3) is 5.91 Å². The maximum atomic E-state index is 12.7. The van der Waals surface area contributed by atoms with Gasteiger partial charge in [0.05, 0.1) is 5.57 Å². The largest absolute Gasteiger partial charge is 0.318 e. The summed E-state index contributed by atoms with van der Waals surface area (Å²) in [6, 6.07) is 7.93. The number of hydrogen-bond acceptors (Lipinski definition) is 5. The molecule has 0 saturated heterocycles. The van der Waals surface area contributed by atoms with E-state index in [1.807, 2.05) is 52.0 Å². The van der Waals surface area contributed by atoms with Crippen LogP contribution in [0.3, 0.4) is 0 Å². The Morgan fingerprint density at radius 1 is 1.27 bits per heavy atom. The number of aliphatic imine (C=N–C) groups is 1. The third-order valence-electron chi connectivity index (χ3n) is 4.89. The highest BCUT2D eigenvalue weighted by atomic mass is 35.5. The third-order valence-corrected chi connectivity index (χ3v) is 7.22. The summed E-state index contributed by atoms with van der Waals surface area (Å²) >= 11 is 9.22. The number of aryl methyl sites for hydroxylation is 2. The maximum absolute atomic E-state index is 12.7. The summed E-state index contributed by atoms with van der Waals surface area (Å²) in [5.41, 5.74) is 5.02. The Kier molecular flexibility index (Phi) is 5.65. The maximum Gasteiger partial charge on any atom is 0.283 e. The molecule has 1 amide bonds. The van der Waals surface area contributed by atoms with Crippen molar-refractivity contribution in [1.29, 1.82) is 5.41 Å². The molecule has 0 atom stereocenters. The van der Waals surface area contributed by atoms with Crippen molar-refractivity contribution < 1.29 is 4.79 Å². The van der Waals surface area contributed by atoms with Crippen LogP contribution in [0.5, 0.6) is 0 Å². The lowest BCUT2D eigenvalue weighted by Gasteiger charge is -2.20. The Morgan fingerprint density at radius 2 is 2.03 bits per heavy atom. The van der Waals surface area contributed by atoms with Gasteiger partial charge in [-0.1, -0.05) is 36.4 Å². The van der Waals surface area contributed by atoms with E-state index in [9.17, 15) is 4.79 Å². The summed E-state index contributed by atoms with van der Waals surface area (Å²) in [5, 5.41) is 15.5. The molecule has 6 nitrogen and oxygen atoms in total. The van der Waals surface area contributed by atoms with Gasteiger partial charge < -0.3 is 4.57 Å². The molecular weight excluding hydrogens is 438 g/mol. The number of thioether (sulfide) groups is 2. The van der Waals surface area contributed by atoms with E-state index in [4.69, 9.17) is 17.0 Å². The predicted octanol–water partition coefficient (Wildman–Crippen LogP) is 5.39. The molecule has 4 rings (SSSR count). The van der Waals surface area contributed by atoms with Crippen molar-refractivity contribution in [3.63, 3.8) is 0 Å². The third kappa shape index (κ3) is 3.64. The molecule has 9 heteroatoms. The molecule has 1 aromatic heterocycles. The quantitative estimate of drug-likeness (QED) is 0.627. The zero-order valence-corrected chi connectivity index (χ0v) is 19.4. The monoisotopic (exact) mass is 457 g/mol. The first-order valence-electron chi connectivity index (χ1n) is 9.38. The number of carbonyl (C=O) groups excluding carboxylic acids is 1. The molecule has 1 N–H and O–H groups in total. The molecule has 0 aliphatic carbocycles. The van der Waals surface area contributed by atoms with Crippen molar-refractivity contribution in [2.45, 2.75) is 27.7 Å². The van der Waals surface area contributed by atoms with E-state index in [0.29, 0.717) is 10.2 Å². The van der Waals surface area contributed by atoms with E-state index in [1.165, 1.54) is 16.8 Å². The van der Waals surface area contributed by atoms with Crippen molar-refractivity contribution in [3.8, 4) is 5.69 Å². The number of fused-ring (bicyclic) bond motifs is 1. The second-order valence-corrected chi connectivity index (χ2v) is 9.79. The zero-order chi connectivity index (χ0) is 21.6. The Morgan fingerprint density at radius 3 is 2.73 bits per heavy atom. The number of amidine groups is 2. The molecule has 0 bridgehead atoms. The second kappa shape index (κ2) is 8.09. The van der Waals surface area contributed by atoms with Gasteiger partial charge in [0.1, 0.15) is 0 Å². The molecule has 30 heavy (non-hydrogen) atoms. The fraction of sp³-hybridized carbons (Fsp3) is 0.238. The number of carbonyl (C=O) groups is 1. The molecule has 0 spiro atoms. The van der Waals surface area contributed by atoms with Crippen molar-refractivity contribution in [2.24, 2.45) is 10.1 Å². The molecule has 2 aliphatic heterocycles. The van der Waals surface area contributed by atoms with E-state index < -0.39 is 5.91 Å². The second-order valence-electron chi connectivity index (χ2n) is 6.91. The normalized spacial score (nSPS) is 17.5. The fourth-order valence-electron chi connectivity index (χ4n) is 3.36. The van der Waals surface area contributed by atoms with Gasteiger partial charge in [0, 0.05) is 22.1 Å². The van der Waals surface area contributed by atoms with Crippen LogP contribution < -0.4 is 0 Å². The summed E-state index contributed by atoms with van der Waals surface area (Å²) < 4.78 is 2.88. The van der Waals surface area contributed by atoms with Crippen LogP contribution in [0, 0.1) is 26.2 Å². The summed E-state index contributed by atoms with van der Waals surface area (Å²) in [5.74, 6) is 0.499. The zero-order valence-electron chi connectivity index (χ0n) is 17.0. The molecule has 0 radical (unpaired) electrons. The molecule has 0 fully saturated rings. The average Bonchev–Trinajstić information content (AvgIpc) is 3.21. The van der Waals surface area contributed by atoms with Gasteiger partial charge in [-0.3, -0.25) is 10.2 Å². The first-order chi connectivity index (χ1) is 14.3. The summed E-state index contributed by atoms with van der Waals surface area (Å²) in [7, 11) is 0. The topological polar surface area (TPSA) is 73.8 Å². The number of rotatable bonds is 3. The first kappa shape index (κ1) is 21.0. The van der Waals surface area contributed by atoms with Crippen molar-refractivity contribution in [3.05, 3.63) is 57.4 Å². The van der Waals surface area contributed by atoms with Crippen LogP contribution in [0.4, 0.5) is 0 Å². The van der Waals surface area contributed by atoms with Gasteiger partial charge in [0.2, 0.25) is 5.17 Å². The number of hydrogen-bond donors (Lipinski definition) is 1. The Bertz CT molecular complexity index is 1180. The number of nitrogens with one attached hydrogen (secondary N) is 1. The van der Waals surface area contributed by atoms with E-state index in [1.54, 1.807) is 17.8 Å². The number of halogens is 1. The lowest BCUT2D eigenvalue weighted by Crippen LogP contribution is -2.35. The first-order valence-corrected chi connectivity index (χ1v) is 11.6. The molecule has 154 valence electrons. The van der Waals surface area contributed by atoms with Gasteiger partial charge in [-0.05, 0) is 73.7 Å². The summed E-state index contributed by atoms with van der Waals surface area (Å²) in [6.07, 6.45) is 1.73. The minimum absolute atomic E-state index is 0.0485. The molecular formula is C21H20ClN5OS2. The summed E-state index contributed by atoms with van der Waals surface area (Å²) in [6.45, 7) is 7.99. The minimum Gasteiger partial charge on any atom is -0.318 e. The van der Waals surface area contributed by atoms with Crippen LogP contribution in [-0.4, -0.2) is 36.6 Å². The van der Waals surface area contributed by atoms with Gasteiger partial charge in [-0.2, -0.15) is 10.0 Å². The van der Waals surface area contributed by atoms with Gasteiger partial charge in [0.15, 0.2) is 10.2 Å². The Labute approximate surface area is 188 Å². The van der Waals surface area contributed by atoms with Crippen molar-refractivity contribution in [2.75, 3.05) is 5.75 Å². The highest BCUT2D eigenvalue weighted by molar-refractivity contribution is 8.45. The van der Waals surface area contributed by atoms with Crippen LogP contribution in [0.15, 0.2) is 39.9 Å². The van der Waals surface area contributed by atoms with Crippen LogP contribution in [0.2, 0.25) is 5.02 Å². The van der Waals surface area contributed by atoms with Gasteiger partial charge in [-0.25, -0.2) is 0 Å². The van der Waals surface area contributed by atoms with Crippen molar-refractivity contribution in [1.82, 2.24) is 9.58 Å². The van der Waals surface area contributed by atoms with Gasteiger partial charge in [-0.15, -0.1) is 5.10 Å². The molecule has 2 aromatic rings. The van der Waals surface area contributed by atoms with Crippen molar-refractivity contribution >= 4 is 62.5 Å². The molecule has 0 saturated carbocycles. The van der Waals surface area contributed by atoms with Crippen LogP contribution in [0.25, 0.3) is 11.8 Å². The molecule has 2 aliphatic rings. The smallest absolute Gasteiger partial charge is 0.283 e. The highest BCUT2D eigenvalue weighted by Crippen LogP contribution is 2.33. The van der Waals surface area contributed by atoms with E-state index in [-0.39, 0.29) is 11.4 Å². The SMILES string of the molecule is CCSC1=NN2C(=N)C(=Cc3cc(C)n(-c4ccc(C)c(Cl)c4)c3C)C(=O)N=C2S1. The van der Waals surface area contributed by atoms with Crippen LogP contribution in [0.1, 0.15) is 29.4 Å².